The molecule has 0 fully saturated rings. The Morgan fingerprint density at radius 1 is 1.60 bits per heavy atom. The predicted octanol–water partition coefficient (Wildman–Crippen LogP) is 2.97. The van der Waals surface area contributed by atoms with Crippen LogP contribution in [0.5, 0.6) is 0 Å². The fraction of sp³-hybridized carbons (Fsp3) is 0.0909. The van der Waals surface area contributed by atoms with E-state index in [9.17, 15) is 4.79 Å². The lowest BCUT2D eigenvalue weighted by Gasteiger charge is -2.01. The average molecular weight is 222 g/mol. The Morgan fingerprint density at radius 2 is 2.33 bits per heavy atom. The Hall–Kier alpha value is -1.79. The third-order valence-electron chi connectivity index (χ3n) is 1.77. The van der Waals surface area contributed by atoms with Gasteiger partial charge in [0.25, 0.3) is 0 Å². The summed E-state index contributed by atoms with van der Waals surface area (Å²) < 4.78 is 0. The topological polar surface area (TPSA) is 61.1 Å². The highest BCUT2D eigenvalue weighted by molar-refractivity contribution is 6.34. The largest absolute Gasteiger partial charge is 0.478 e. The number of carboxylic acids is 1. The van der Waals surface area contributed by atoms with E-state index < -0.39 is 5.97 Å². The van der Waals surface area contributed by atoms with Crippen LogP contribution in [0.25, 0.3) is 6.08 Å². The number of nitrogens with zero attached hydrogens (tertiary/aromatic N) is 1. The van der Waals surface area contributed by atoms with Gasteiger partial charge >= 0.3 is 5.97 Å². The van der Waals surface area contributed by atoms with Crippen molar-refractivity contribution in [2.75, 3.05) is 0 Å². The van der Waals surface area contributed by atoms with Crippen molar-refractivity contribution in [2.24, 2.45) is 0 Å². The first-order valence-corrected chi connectivity index (χ1v) is 4.60. The van der Waals surface area contributed by atoms with E-state index in [2.05, 4.69) is 0 Å². The number of carbonyl (C=O) groups is 1. The van der Waals surface area contributed by atoms with E-state index in [0.29, 0.717) is 5.56 Å². The summed E-state index contributed by atoms with van der Waals surface area (Å²) in [6, 6.07) is 6.69. The zero-order chi connectivity index (χ0) is 11.3. The molecule has 0 heterocycles. The minimum absolute atomic E-state index is 0.0655. The van der Waals surface area contributed by atoms with E-state index >= 15 is 0 Å². The Bertz CT molecular complexity index is 446. The van der Waals surface area contributed by atoms with Crippen LogP contribution in [0.15, 0.2) is 24.3 Å². The first kappa shape index (κ1) is 11.3. The summed E-state index contributed by atoms with van der Waals surface area (Å²) in [4.78, 5) is 10.7. The van der Waals surface area contributed by atoms with Gasteiger partial charge in [-0.3, -0.25) is 0 Å². The molecule has 0 saturated heterocycles. The standard InChI is InChI=1S/C11H8ClNO2/c12-10-8(4-1-2-7-13)5-3-6-9(10)11(14)15/h1,3-6H,2H2,(H,14,15). The predicted molar refractivity (Wildman–Crippen MR) is 57.7 cm³/mol. The highest BCUT2D eigenvalue weighted by Gasteiger charge is 2.09. The molecule has 1 N–H and O–H groups in total. The van der Waals surface area contributed by atoms with Crippen molar-refractivity contribution in [2.45, 2.75) is 6.42 Å². The van der Waals surface area contributed by atoms with Gasteiger partial charge in [0.2, 0.25) is 0 Å². The van der Waals surface area contributed by atoms with Crippen molar-refractivity contribution in [3.05, 3.63) is 40.4 Å². The summed E-state index contributed by atoms with van der Waals surface area (Å²) in [6.07, 6.45) is 3.54. The lowest BCUT2D eigenvalue weighted by molar-refractivity contribution is 0.0697. The van der Waals surface area contributed by atoms with Gasteiger partial charge in [-0.05, 0) is 11.6 Å². The Labute approximate surface area is 92.2 Å². The Kier molecular flexibility index (Phi) is 3.90. The molecule has 15 heavy (non-hydrogen) atoms. The molecule has 0 radical (unpaired) electrons. The molecule has 1 aromatic rings. The van der Waals surface area contributed by atoms with Crippen LogP contribution in [0.1, 0.15) is 22.3 Å². The van der Waals surface area contributed by atoms with Crippen molar-refractivity contribution < 1.29 is 9.90 Å². The van der Waals surface area contributed by atoms with Crippen LogP contribution in [0.3, 0.4) is 0 Å². The molecule has 3 nitrogen and oxygen atoms in total. The number of nitriles is 1. The molecular formula is C11H8ClNO2. The number of benzene rings is 1. The van der Waals surface area contributed by atoms with E-state index in [1.54, 1.807) is 24.3 Å². The zero-order valence-electron chi connectivity index (χ0n) is 7.77. The van der Waals surface area contributed by atoms with Crippen molar-refractivity contribution in [1.29, 1.82) is 5.26 Å². The molecule has 1 rings (SSSR count). The maximum Gasteiger partial charge on any atom is 0.337 e. The number of hydrogen-bond acceptors (Lipinski definition) is 2. The van der Waals surface area contributed by atoms with Gasteiger partial charge < -0.3 is 5.11 Å². The SMILES string of the molecule is N#CCC=Cc1cccc(C(=O)O)c1Cl. The Balaban J connectivity index is 3.06. The molecule has 0 unspecified atom stereocenters. The van der Waals surface area contributed by atoms with Gasteiger partial charge in [0, 0.05) is 0 Å². The number of halogens is 1. The van der Waals surface area contributed by atoms with Crippen molar-refractivity contribution in [3.63, 3.8) is 0 Å². The van der Waals surface area contributed by atoms with Gasteiger partial charge in [0.1, 0.15) is 0 Å². The zero-order valence-corrected chi connectivity index (χ0v) is 8.53. The first-order chi connectivity index (χ1) is 7.16. The van der Waals surface area contributed by atoms with Gasteiger partial charge in [0.05, 0.1) is 23.1 Å². The summed E-state index contributed by atoms with van der Waals surface area (Å²) in [6.45, 7) is 0. The first-order valence-electron chi connectivity index (χ1n) is 4.22. The van der Waals surface area contributed by atoms with Crippen LogP contribution in [-0.2, 0) is 0 Å². The number of rotatable bonds is 3. The Morgan fingerprint density at radius 3 is 2.93 bits per heavy atom. The normalized spacial score (nSPS) is 10.1. The van der Waals surface area contributed by atoms with Crippen LogP contribution in [0.4, 0.5) is 0 Å². The van der Waals surface area contributed by atoms with Crippen LogP contribution in [0, 0.1) is 11.3 Å². The number of aromatic carboxylic acids is 1. The molecule has 1 aromatic carbocycles. The molecular weight excluding hydrogens is 214 g/mol. The van der Waals surface area contributed by atoms with Crippen molar-refractivity contribution in [1.82, 2.24) is 0 Å². The average Bonchev–Trinajstić information content (AvgIpc) is 2.20. The molecule has 0 amide bonds. The molecule has 0 spiro atoms. The summed E-state index contributed by atoms with van der Waals surface area (Å²) in [5.74, 6) is -1.06. The lowest BCUT2D eigenvalue weighted by atomic mass is 10.1. The monoisotopic (exact) mass is 221 g/mol. The molecule has 4 heteroatoms. The maximum atomic E-state index is 10.7. The summed E-state index contributed by atoms with van der Waals surface area (Å²) >= 11 is 5.87. The smallest absolute Gasteiger partial charge is 0.337 e. The second-order valence-corrected chi connectivity index (χ2v) is 3.16. The van der Waals surface area contributed by atoms with Gasteiger partial charge in [-0.25, -0.2) is 4.79 Å². The second-order valence-electron chi connectivity index (χ2n) is 2.78. The third-order valence-corrected chi connectivity index (χ3v) is 2.19. The molecule has 0 saturated carbocycles. The summed E-state index contributed by atoms with van der Waals surface area (Å²) in [7, 11) is 0. The van der Waals surface area contributed by atoms with Gasteiger partial charge in [-0.2, -0.15) is 5.26 Å². The minimum atomic E-state index is -1.06. The highest BCUT2D eigenvalue weighted by atomic mass is 35.5. The third kappa shape index (κ3) is 2.83. The van der Waals surface area contributed by atoms with Gasteiger partial charge in [-0.1, -0.05) is 35.9 Å². The second kappa shape index (κ2) is 5.18. The molecule has 0 atom stereocenters. The highest BCUT2D eigenvalue weighted by Crippen LogP contribution is 2.22. The van der Waals surface area contributed by atoms with Gasteiger partial charge in [0.15, 0.2) is 0 Å². The molecule has 0 bridgehead atoms. The maximum absolute atomic E-state index is 10.7. The van der Waals surface area contributed by atoms with Crippen LogP contribution in [-0.4, -0.2) is 11.1 Å². The summed E-state index contributed by atoms with van der Waals surface area (Å²) in [5.41, 5.74) is 0.669. The van der Waals surface area contributed by atoms with Gasteiger partial charge in [-0.15, -0.1) is 0 Å². The van der Waals surface area contributed by atoms with Crippen LogP contribution < -0.4 is 0 Å². The van der Waals surface area contributed by atoms with E-state index in [4.69, 9.17) is 22.0 Å². The lowest BCUT2D eigenvalue weighted by Crippen LogP contribution is -1.97. The van der Waals surface area contributed by atoms with Crippen LogP contribution in [0.2, 0.25) is 5.02 Å². The van der Waals surface area contributed by atoms with E-state index in [1.165, 1.54) is 6.07 Å². The molecule has 0 aliphatic rings. The molecule has 0 aromatic heterocycles. The number of carboxylic acid groups (broad SMARTS) is 1. The van der Waals surface area contributed by atoms with Crippen molar-refractivity contribution >= 4 is 23.6 Å². The van der Waals surface area contributed by atoms with E-state index in [1.807, 2.05) is 6.07 Å². The fourth-order valence-electron chi connectivity index (χ4n) is 1.08. The van der Waals surface area contributed by atoms with E-state index in [-0.39, 0.29) is 17.0 Å². The van der Waals surface area contributed by atoms with Crippen molar-refractivity contribution in [3.8, 4) is 6.07 Å². The van der Waals surface area contributed by atoms with Crippen LogP contribution >= 0.6 is 11.6 Å². The summed E-state index contributed by atoms with van der Waals surface area (Å²) in [5, 5.41) is 17.3. The number of allylic oxidation sites excluding steroid dienone is 1. The minimum Gasteiger partial charge on any atom is -0.478 e. The molecule has 76 valence electrons. The quantitative estimate of drug-likeness (QED) is 0.854. The fourth-order valence-corrected chi connectivity index (χ4v) is 1.35. The molecule has 0 aliphatic heterocycles. The number of hydrogen-bond donors (Lipinski definition) is 1. The van der Waals surface area contributed by atoms with E-state index in [0.717, 1.165) is 0 Å². The molecule has 0 aliphatic carbocycles.